The maximum Gasteiger partial charge on any atom is 0.257 e. The fraction of sp³-hybridized carbons (Fsp3) is 0.211. The minimum Gasteiger partial charge on any atom is -0.497 e. The van der Waals surface area contributed by atoms with Crippen LogP contribution in [-0.4, -0.2) is 36.8 Å². The number of benzene rings is 2. The minimum atomic E-state index is -0.396. The second kappa shape index (κ2) is 9.25. The number of thiazole rings is 1. The van der Waals surface area contributed by atoms with Gasteiger partial charge in [-0.1, -0.05) is 22.9 Å². The highest BCUT2D eigenvalue weighted by atomic mass is 35.5. The molecule has 0 fully saturated rings. The van der Waals surface area contributed by atoms with E-state index in [1.54, 1.807) is 32.4 Å². The van der Waals surface area contributed by atoms with E-state index in [1.807, 2.05) is 13.0 Å². The van der Waals surface area contributed by atoms with Gasteiger partial charge < -0.3 is 19.5 Å². The summed E-state index contributed by atoms with van der Waals surface area (Å²) in [5, 5.41) is 6.51. The van der Waals surface area contributed by atoms with Crippen molar-refractivity contribution in [3.05, 3.63) is 40.9 Å². The largest absolute Gasteiger partial charge is 0.497 e. The van der Waals surface area contributed by atoms with Gasteiger partial charge >= 0.3 is 0 Å². The molecule has 1 amide bonds. The lowest BCUT2D eigenvalue weighted by molar-refractivity contribution is 0.0977. The maximum absolute atomic E-state index is 12.4. The molecule has 0 saturated carbocycles. The second-order valence-corrected chi connectivity index (χ2v) is 7.53. The highest BCUT2D eigenvalue weighted by molar-refractivity contribution is 7.80. The second-order valence-electron chi connectivity index (χ2n) is 5.68. The first-order valence-corrected chi connectivity index (χ1v) is 10.1. The summed E-state index contributed by atoms with van der Waals surface area (Å²) in [4.78, 5) is 16.9. The predicted molar refractivity (Wildman–Crippen MR) is 119 cm³/mol. The van der Waals surface area contributed by atoms with Gasteiger partial charge in [-0.2, -0.15) is 0 Å². The van der Waals surface area contributed by atoms with Crippen molar-refractivity contribution >= 4 is 61.5 Å². The first kappa shape index (κ1) is 21.1. The lowest BCUT2D eigenvalue weighted by Crippen LogP contribution is -2.34. The van der Waals surface area contributed by atoms with Gasteiger partial charge in [0, 0.05) is 11.6 Å². The summed E-state index contributed by atoms with van der Waals surface area (Å²) >= 11 is 12.7. The van der Waals surface area contributed by atoms with Crippen LogP contribution in [0.25, 0.3) is 10.2 Å². The summed E-state index contributed by atoms with van der Waals surface area (Å²) < 4.78 is 16.9. The lowest BCUT2D eigenvalue weighted by atomic mass is 10.2. The Morgan fingerprint density at radius 3 is 2.66 bits per heavy atom. The number of aromatic nitrogens is 1. The lowest BCUT2D eigenvalue weighted by Gasteiger charge is -2.09. The van der Waals surface area contributed by atoms with Crippen LogP contribution < -0.4 is 24.8 Å². The number of rotatable bonds is 6. The van der Waals surface area contributed by atoms with Crippen LogP contribution in [0.1, 0.15) is 17.3 Å². The van der Waals surface area contributed by atoms with Gasteiger partial charge in [0.2, 0.25) is 0 Å². The first-order valence-electron chi connectivity index (χ1n) is 8.52. The Hall–Kier alpha value is -2.62. The number of thiocarbonyl (C=S) groups is 1. The molecule has 0 aliphatic carbocycles. The maximum atomic E-state index is 12.4. The summed E-state index contributed by atoms with van der Waals surface area (Å²) in [6, 6.07) is 8.39. The number of amides is 1. The van der Waals surface area contributed by atoms with Gasteiger partial charge in [-0.25, -0.2) is 4.98 Å². The Morgan fingerprint density at radius 2 is 2.00 bits per heavy atom. The van der Waals surface area contributed by atoms with Crippen molar-refractivity contribution in [1.82, 2.24) is 10.3 Å². The van der Waals surface area contributed by atoms with Crippen molar-refractivity contribution < 1.29 is 19.0 Å². The highest BCUT2D eigenvalue weighted by Gasteiger charge is 2.14. The number of anilines is 1. The van der Waals surface area contributed by atoms with Crippen molar-refractivity contribution in [2.45, 2.75) is 6.92 Å². The number of hydrogen-bond donors (Lipinski definition) is 2. The van der Waals surface area contributed by atoms with E-state index in [0.717, 1.165) is 4.70 Å². The van der Waals surface area contributed by atoms with E-state index in [9.17, 15) is 4.79 Å². The number of halogens is 1. The van der Waals surface area contributed by atoms with Gasteiger partial charge in [0.1, 0.15) is 22.8 Å². The molecule has 2 N–H and O–H groups in total. The van der Waals surface area contributed by atoms with Crippen molar-refractivity contribution in [1.29, 1.82) is 0 Å². The van der Waals surface area contributed by atoms with E-state index in [0.29, 0.717) is 45.1 Å². The number of fused-ring (bicyclic) bond motifs is 1. The van der Waals surface area contributed by atoms with E-state index in [4.69, 9.17) is 38.0 Å². The molecule has 0 spiro atoms. The molecule has 152 valence electrons. The van der Waals surface area contributed by atoms with Crippen molar-refractivity contribution in [3.8, 4) is 17.2 Å². The third-order valence-electron chi connectivity index (χ3n) is 3.83. The van der Waals surface area contributed by atoms with Crippen molar-refractivity contribution in [2.24, 2.45) is 0 Å². The van der Waals surface area contributed by atoms with Gasteiger partial charge in [-0.15, -0.1) is 0 Å². The molecule has 1 aromatic heterocycles. The number of carbonyl (C=O) groups is 1. The molecule has 0 radical (unpaired) electrons. The number of hydrogen-bond acceptors (Lipinski definition) is 7. The minimum absolute atomic E-state index is 0.116. The Kier molecular flexibility index (Phi) is 6.73. The Bertz CT molecular complexity index is 1070. The molecule has 2 aromatic carbocycles. The first-order chi connectivity index (χ1) is 13.9. The van der Waals surface area contributed by atoms with E-state index in [1.165, 1.54) is 17.4 Å². The number of carbonyl (C=O) groups excluding carboxylic acids is 1. The average Bonchev–Trinajstić information content (AvgIpc) is 3.10. The van der Waals surface area contributed by atoms with Gasteiger partial charge in [0.25, 0.3) is 5.91 Å². The molecule has 0 aliphatic heterocycles. The third-order valence-corrected chi connectivity index (χ3v) is 5.25. The molecule has 1 heterocycles. The molecule has 3 aromatic rings. The number of nitrogens with zero attached hydrogens (tertiary/aromatic N) is 1. The summed E-state index contributed by atoms with van der Waals surface area (Å²) in [7, 11) is 3.14. The highest BCUT2D eigenvalue weighted by Crippen LogP contribution is 2.36. The topological polar surface area (TPSA) is 81.7 Å². The van der Waals surface area contributed by atoms with Crippen LogP contribution in [-0.2, 0) is 0 Å². The van der Waals surface area contributed by atoms with Gasteiger partial charge in [0.05, 0.1) is 30.5 Å². The van der Waals surface area contributed by atoms with Crippen molar-refractivity contribution in [2.75, 3.05) is 26.1 Å². The molecular weight excluding hydrogens is 434 g/mol. The van der Waals surface area contributed by atoms with E-state index in [-0.39, 0.29) is 5.11 Å². The van der Waals surface area contributed by atoms with Crippen LogP contribution in [0.3, 0.4) is 0 Å². The number of nitrogens with one attached hydrogen (secondary N) is 2. The SMILES string of the molecule is CCOc1ccc(C(=O)NC(=S)Nc2nc3c(OC)cc(OC)cc3s2)cc1Cl. The third kappa shape index (κ3) is 4.87. The van der Waals surface area contributed by atoms with E-state index in [2.05, 4.69) is 15.6 Å². The molecule has 0 aliphatic rings. The van der Waals surface area contributed by atoms with Gasteiger partial charge in [-0.3, -0.25) is 10.1 Å². The van der Waals surface area contributed by atoms with Gasteiger partial charge in [0.15, 0.2) is 10.2 Å². The fourth-order valence-electron chi connectivity index (χ4n) is 2.52. The zero-order valence-corrected chi connectivity index (χ0v) is 18.3. The molecule has 0 unspecified atom stereocenters. The number of ether oxygens (including phenoxy) is 3. The van der Waals surface area contributed by atoms with Crippen LogP contribution in [0.5, 0.6) is 17.2 Å². The monoisotopic (exact) mass is 451 g/mol. The van der Waals surface area contributed by atoms with E-state index < -0.39 is 5.91 Å². The summed E-state index contributed by atoms with van der Waals surface area (Å²) in [6.45, 7) is 2.34. The Balaban J connectivity index is 1.72. The molecular formula is C19H18ClN3O4S2. The number of methoxy groups -OCH3 is 2. The standard InChI is InChI=1S/C19H18ClN3O4S2/c1-4-27-13-6-5-10(7-12(13)20)17(24)22-18(28)23-19-21-16-14(26-3)8-11(25-2)9-15(16)29-19/h5-9H,4H2,1-3H3,(H2,21,22,23,24,28). The molecule has 0 bridgehead atoms. The Labute approximate surface area is 181 Å². The summed E-state index contributed by atoms with van der Waals surface area (Å²) in [6.07, 6.45) is 0. The summed E-state index contributed by atoms with van der Waals surface area (Å²) in [5.74, 6) is 1.37. The van der Waals surface area contributed by atoms with E-state index >= 15 is 0 Å². The quantitative estimate of drug-likeness (QED) is 0.534. The zero-order chi connectivity index (χ0) is 21.0. The van der Waals surface area contributed by atoms with Gasteiger partial charge in [-0.05, 0) is 43.4 Å². The van der Waals surface area contributed by atoms with Crippen molar-refractivity contribution in [3.63, 3.8) is 0 Å². The molecule has 29 heavy (non-hydrogen) atoms. The smallest absolute Gasteiger partial charge is 0.257 e. The van der Waals surface area contributed by atoms with Crippen LogP contribution in [0.4, 0.5) is 5.13 Å². The summed E-state index contributed by atoms with van der Waals surface area (Å²) in [5.41, 5.74) is 1.03. The molecule has 0 atom stereocenters. The molecule has 10 heteroatoms. The van der Waals surface area contributed by atoms with Crippen LogP contribution in [0.15, 0.2) is 30.3 Å². The Morgan fingerprint density at radius 1 is 1.21 bits per heavy atom. The fourth-order valence-corrected chi connectivity index (χ4v) is 3.93. The average molecular weight is 452 g/mol. The molecule has 7 nitrogen and oxygen atoms in total. The van der Waals surface area contributed by atoms with Crippen LogP contribution >= 0.6 is 35.2 Å². The zero-order valence-electron chi connectivity index (χ0n) is 15.9. The normalized spacial score (nSPS) is 10.5. The molecule has 0 saturated heterocycles. The predicted octanol–water partition coefficient (Wildman–Crippen LogP) is 4.49. The van der Waals surface area contributed by atoms with Crippen LogP contribution in [0.2, 0.25) is 5.02 Å². The van der Waals surface area contributed by atoms with Crippen LogP contribution in [0, 0.1) is 0 Å². The molecule has 3 rings (SSSR count).